The number of benzene rings is 5. The van der Waals surface area contributed by atoms with E-state index in [0.29, 0.717) is 0 Å². The first-order chi connectivity index (χ1) is 25.2. The Kier molecular flexibility index (Phi) is 6.11. The Balaban J connectivity index is 1.29. The molecule has 4 aliphatic rings. The maximum absolute atomic E-state index is 2.69. The lowest BCUT2D eigenvalue weighted by atomic mass is 9.33. The van der Waals surface area contributed by atoms with Crippen LogP contribution in [0.25, 0.3) is 36.9 Å². The minimum Gasteiger partial charge on any atom is -0.311 e. The Bertz CT molecular complexity index is 2770. The van der Waals surface area contributed by atoms with Crippen LogP contribution in [0.2, 0.25) is 0 Å². The largest absolute Gasteiger partial charge is 0.311 e. The monoisotopic (exact) mass is 708 g/mol. The lowest BCUT2D eigenvalue weighted by molar-refractivity contribution is 0.332. The van der Waals surface area contributed by atoms with Gasteiger partial charge in [-0.15, -0.1) is 11.3 Å². The number of nitrogens with zero attached hydrogens (tertiary/aromatic N) is 2. The summed E-state index contributed by atoms with van der Waals surface area (Å²) in [5.74, 6) is 0. The van der Waals surface area contributed by atoms with Crippen molar-refractivity contribution in [3.05, 3.63) is 113 Å². The van der Waals surface area contributed by atoms with E-state index in [1.165, 1.54) is 124 Å². The van der Waals surface area contributed by atoms with Crippen molar-refractivity contribution in [3.8, 4) is 5.69 Å². The van der Waals surface area contributed by atoms with Crippen molar-refractivity contribution in [1.82, 2.24) is 4.57 Å². The van der Waals surface area contributed by atoms with Crippen LogP contribution < -0.4 is 21.3 Å². The van der Waals surface area contributed by atoms with E-state index in [-0.39, 0.29) is 28.4 Å². The van der Waals surface area contributed by atoms with Gasteiger partial charge in [0.05, 0.1) is 15.7 Å². The molecule has 0 amide bonds. The molecule has 0 spiro atoms. The van der Waals surface area contributed by atoms with Crippen LogP contribution in [0.1, 0.15) is 109 Å². The Hall–Kier alpha value is -4.28. The zero-order valence-corrected chi connectivity index (χ0v) is 33.6. The van der Waals surface area contributed by atoms with Gasteiger partial charge in [0.25, 0.3) is 6.71 Å². The van der Waals surface area contributed by atoms with Crippen LogP contribution in [-0.2, 0) is 21.7 Å². The number of para-hydroxylation sites is 1. The normalized spacial score (nSPS) is 19.6. The highest BCUT2D eigenvalue weighted by Gasteiger charge is 2.46. The fraction of sp³-hybridized carbons (Fsp3) is 0.347. The molecule has 2 aromatic heterocycles. The van der Waals surface area contributed by atoms with Crippen molar-refractivity contribution in [1.29, 1.82) is 0 Å². The van der Waals surface area contributed by atoms with Gasteiger partial charge in [-0.1, -0.05) is 104 Å². The average molecular weight is 709 g/mol. The predicted molar refractivity (Wildman–Crippen MR) is 231 cm³/mol. The molecule has 2 aliphatic carbocycles. The van der Waals surface area contributed by atoms with Gasteiger partial charge in [0.15, 0.2) is 0 Å². The van der Waals surface area contributed by atoms with Crippen LogP contribution in [-0.4, -0.2) is 11.3 Å². The topological polar surface area (TPSA) is 8.17 Å². The Morgan fingerprint density at radius 2 is 1.17 bits per heavy atom. The summed E-state index contributed by atoms with van der Waals surface area (Å²) in [5.41, 5.74) is 20.3. The van der Waals surface area contributed by atoms with Crippen LogP contribution in [0.3, 0.4) is 0 Å². The van der Waals surface area contributed by atoms with Crippen molar-refractivity contribution in [2.75, 3.05) is 4.90 Å². The standard InChI is InChI=1S/C49H49BN2S/c1-28-23-39-42-40(24-28)52-43-31(45-44(52)30-13-10-11-16-41(30)53-45)14-12-15-36(43)50(42)37-26-34-35(49(8,9)22-21-48(34,6)7)27-38(37)51(39)29-17-18-32-33(25-29)47(4,5)20-19-46(32,2)3/h10-18,23-27H,19-22H2,1-9H3. The van der Waals surface area contributed by atoms with Crippen molar-refractivity contribution < 1.29 is 0 Å². The van der Waals surface area contributed by atoms with E-state index >= 15 is 0 Å². The number of rotatable bonds is 1. The van der Waals surface area contributed by atoms with E-state index in [0.717, 1.165) is 0 Å². The summed E-state index contributed by atoms with van der Waals surface area (Å²) in [5, 5.41) is 2.74. The van der Waals surface area contributed by atoms with Crippen LogP contribution in [0.4, 0.5) is 17.1 Å². The summed E-state index contributed by atoms with van der Waals surface area (Å²) in [7, 11) is 0. The Labute approximate surface area is 318 Å². The lowest BCUT2D eigenvalue weighted by Gasteiger charge is -2.46. The number of hydrogen-bond donors (Lipinski definition) is 0. The van der Waals surface area contributed by atoms with Gasteiger partial charge in [-0.05, 0) is 135 Å². The zero-order valence-electron chi connectivity index (χ0n) is 32.8. The molecule has 0 N–H and O–H groups in total. The van der Waals surface area contributed by atoms with Crippen molar-refractivity contribution >= 4 is 82.7 Å². The number of anilines is 3. The molecule has 0 atom stereocenters. The van der Waals surface area contributed by atoms with E-state index < -0.39 is 0 Å². The van der Waals surface area contributed by atoms with E-state index in [2.05, 4.69) is 157 Å². The second-order valence-corrected chi connectivity index (χ2v) is 20.6. The smallest absolute Gasteiger partial charge is 0.252 e. The molecule has 5 aromatic carbocycles. The molecule has 264 valence electrons. The third-order valence-electron chi connectivity index (χ3n) is 14.3. The van der Waals surface area contributed by atoms with Crippen LogP contribution >= 0.6 is 11.3 Å². The third-order valence-corrected chi connectivity index (χ3v) is 15.5. The second kappa shape index (κ2) is 10.1. The van der Waals surface area contributed by atoms with E-state index in [4.69, 9.17) is 0 Å². The van der Waals surface area contributed by atoms with Gasteiger partial charge in [0.1, 0.15) is 0 Å². The third kappa shape index (κ3) is 4.11. The summed E-state index contributed by atoms with van der Waals surface area (Å²) in [4.78, 5) is 2.69. The molecule has 0 bridgehead atoms. The van der Waals surface area contributed by atoms with Crippen LogP contribution in [0, 0.1) is 6.92 Å². The first-order valence-corrected chi connectivity index (χ1v) is 20.7. The molecule has 0 saturated heterocycles. The highest BCUT2D eigenvalue weighted by Crippen LogP contribution is 2.52. The first-order valence-electron chi connectivity index (χ1n) is 19.9. The second-order valence-electron chi connectivity index (χ2n) is 19.6. The molecule has 7 aromatic rings. The highest BCUT2D eigenvalue weighted by atomic mass is 32.1. The lowest BCUT2D eigenvalue weighted by Crippen LogP contribution is -2.61. The van der Waals surface area contributed by atoms with E-state index in [9.17, 15) is 0 Å². The molecular formula is C49H49BN2S. The molecule has 11 rings (SSSR count). The molecule has 4 heterocycles. The Morgan fingerprint density at radius 3 is 1.91 bits per heavy atom. The van der Waals surface area contributed by atoms with Gasteiger partial charge >= 0.3 is 0 Å². The molecule has 2 aliphatic heterocycles. The minimum absolute atomic E-state index is 0.109. The van der Waals surface area contributed by atoms with Gasteiger partial charge in [0.2, 0.25) is 0 Å². The number of fused-ring (bicyclic) bond motifs is 11. The highest BCUT2D eigenvalue weighted by molar-refractivity contribution is 7.26. The molecule has 2 nitrogen and oxygen atoms in total. The Morgan fingerprint density at radius 1 is 0.547 bits per heavy atom. The number of aromatic nitrogens is 1. The van der Waals surface area contributed by atoms with Gasteiger partial charge in [0, 0.05) is 38.2 Å². The summed E-state index contributed by atoms with van der Waals surface area (Å²) in [6, 6.07) is 34.0. The number of hydrogen-bond acceptors (Lipinski definition) is 2. The predicted octanol–water partition coefficient (Wildman–Crippen LogP) is 11.6. The van der Waals surface area contributed by atoms with E-state index in [1.54, 1.807) is 0 Å². The molecule has 0 radical (unpaired) electrons. The molecule has 4 heteroatoms. The van der Waals surface area contributed by atoms with Crippen LogP contribution in [0.5, 0.6) is 0 Å². The van der Waals surface area contributed by atoms with Crippen LogP contribution in [0.15, 0.2) is 84.9 Å². The van der Waals surface area contributed by atoms with Crippen molar-refractivity contribution in [2.45, 2.75) is 110 Å². The molecule has 0 saturated carbocycles. The van der Waals surface area contributed by atoms with Crippen molar-refractivity contribution in [2.24, 2.45) is 0 Å². The molecule has 0 fully saturated rings. The molecule has 0 unspecified atom stereocenters. The maximum Gasteiger partial charge on any atom is 0.252 e. The van der Waals surface area contributed by atoms with Gasteiger partial charge < -0.3 is 9.47 Å². The van der Waals surface area contributed by atoms with Gasteiger partial charge in [-0.2, -0.15) is 0 Å². The molecular weight excluding hydrogens is 659 g/mol. The number of aryl methyl sites for hydroxylation is 1. The van der Waals surface area contributed by atoms with Gasteiger partial charge in [-0.25, -0.2) is 0 Å². The quantitative estimate of drug-likeness (QED) is 0.154. The maximum atomic E-state index is 2.69. The molecule has 53 heavy (non-hydrogen) atoms. The fourth-order valence-corrected chi connectivity index (χ4v) is 12.3. The zero-order chi connectivity index (χ0) is 36.6. The number of thiophene rings is 1. The summed E-state index contributed by atoms with van der Waals surface area (Å²) in [6.07, 6.45) is 4.84. The fourth-order valence-electron chi connectivity index (χ4n) is 11.1. The minimum atomic E-state index is 0.109. The summed E-state index contributed by atoms with van der Waals surface area (Å²) < 4.78 is 5.43. The van der Waals surface area contributed by atoms with Gasteiger partial charge in [-0.3, -0.25) is 0 Å². The first kappa shape index (κ1) is 32.2. The van der Waals surface area contributed by atoms with E-state index in [1.807, 2.05) is 11.3 Å². The average Bonchev–Trinajstić information content (AvgIpc) is 3.66. The van der Waals surface area contributed by atoms with Crippen molar-refractivity contribution in [3.63, 3.8) is 0 Å². The summed E-state index contributed by atoms with van der Waals surface area (Å²) in [6.45, 7) is 22.2. The SMILES string of the molecule is Cc1cc2c3c(c1)-n1c4c(cccc4c4sc5ccccc5c41)B3c1cc3c(cc1N2c1ccc2c(c1)C(C)(C)CCC2(C)C)C(C)(C)CCC3(C)C. The summed E-state index contributed by atoms with van der Waals surface area (Å²) >= 11 is 1.95.